The van der Waals surface area contributed by atoms with Crippen LogP contribution in [0.1, 0.15) is 23.7 Å². The fraction of sp³-hybridized carbons (Fsp3) is 0.700. The van der Waals surface area contributed by atoms with Gasteiger partial charge in [0.25, 0.3) is 0 Å². The SMILES string of the molecule is CCn1cc(C(Br)C2CCS(=O)(=O)C2)cn1. The van der Waals surface area contributed by atoms with Gasteiger partial charge < -0.3 is 0 Å². The Morgan fingerprint density at radius 3 is 2.94 bits per heavy atom. The smallest absolute Gasteiger partial charge is 0.150 e. The summed E-state index contributed by atoms with van der Waals surface area (Å²) in [4.78, 5) is 0.102. The minimum Gasteiger partial charge on any atom is -0.273 e. The zero-order valence-electron chi connectivity index (χ0n) is 9.13. The van der Waals surface area contributed by atoms with E-state index >= 15 is 0 Å². The molecule has 0 N–H and O–H groups in total. The van der Waals surface area contributed by atoms with E-state index < -0.39 is 9.84 Å². The maximum atomic E-state index is 11.4. The third kappa shape index (κ3) is 2.48. The van der Waals surface area contributed by atoms with Crippen LogP contribution in [-0.4, -0.2) is 29.7 Å². The van der Waals surface area contributed by atoms with Crippen LogP contribution < -0.4 is 0 Å². The van der Waals surface area contributed by atoms with Crippen molar-refractivity contribution in [2.75, 3.05) is 11.5 Å². The first-order chi connectivity index (χ1) is 7.52. The van der Waals surface area contributed by atoms with E-state index in [2.05, 4.69) is 21.0 Å². The molecule has 0 spiro atoms. The van der Waals surface area contributed by atoms with Gasteiger partial charge in [-0.15, -0.1) is 0 Å². The number of aryl methyl sites for hydroxylation is 1. The molecule has 16 heavy (non-hydrogen) atoms. The van der Waals surface area contributed by atoms with E-state index in [1.165, 1.54) is 0 Å². The number of hydrogen-bond acceptors (Lipinski definition) is 3. The van der Waals surface area contributed by atoms with Gasteiger partial charge in [-0.25, -0.2) is 8.42 Å². The highest BCUT2D eigenvalue weighted by atomic mass is 79.9. The van der Waals surface area contributed by atoms with Gasteiger partial charge in [-0.05, 0) is 19.3 Å². The van der Waals surface area contributed by atoms with Crippen LogP contribution in [0.4, 0.5) is 0 Å². The van der Waals surface area contributed by atoms with Crippen molar-refractivity contribution in [2.45, 2.75) is 24.7 Å². The monoisotopic (exact) mass is 306 g/mol. The first kappa shape index (κ1) is 12.1. The molecule has 1 aromatic heterocycles. The first-order valence-electron chi connectivity index (χ1n) is 5.38. The molecule has 0 saturated carbocycles. The molecular weight excluding hydrogens is 292 g/mol. The van der Waals surface area contributed by atoms with E-state index in [-0.39, 0.29) is 10.7 Å². The van der Waals surface area contributed by atoms with E-state index in [0.717, 1.165) is 18.5 Å². The molecule has 2 rings (SSSR count). The maximum Gasteiger partial charge on any atom is 0.150 e. The van der Waals surface area contributed by atoms with Gasteiger partial charge >= 0.3 is 0 Å². The van der Waals surface area contributed by atoms with Crippen LogP contribution in [0.2, 0.25) is 0 Å². The number of nitrogens with zero attached hydrogens (tertiary/aromatic N) is 2. The molecule has 0 aromatic carbocycles. The van der Waals surface area contributed by atoms with Crippen molar-refractivity contribution >= 4 is 25.8 Å². The summed E-state index contributed by atoms with van der Waals surface area (Å²) in [5.74, 6) is 0.793. The van der Waals surface area contributed by atoms with Gasteiger partial charge in [0.05, 0.1) is 17.7 Å². The maximum absolute atomic E-state index is 11.4. The van der Waals surface area contributed by atoms with Crippen LogP contribution in [0.5, 0.6) is 0 Å². The molecule has 0 radical (unpaired) electrons. The molecule has 1 saturated heterocycles. The van der Waals surface area contributed by atoms with Crippen LogP contribution in [0, 0.1) is 5.92 Å². The Hall–Kier alpha value is -0.360. The fourth-order valence-corrected chi connectivity index (χ4v) is 4.80. The largest absolute Gasteiger partial charge is 0.273 e. The average molecular weight is 307 g/mol. The molecule has 1 aromatic rings. The molecule has 6 heteroatoms. The highest BCUT2D eigenvalue weighted by Gasteiger charge is 2.33. The Balaban J connectivity index is 2.11. The molecule has 0 amide bonds. The van der Waals surface area contributed by atoms with E-state index in [0.29, 0.717) is 11.5 Å². The number of hydrogen-bond donors (Lipinski definition) is 0. The van der Waals surface area contributed by atoms with E-state index in [9.17, 15) is 8.42 Å². The molecule has 4 nitrogen and oxygen atoms in total. The topological polar surface area (TPSA) is 52.0 Å². The van der Waals surface area contributed by atoms with Crippen LogP contribution in [0.25, 0.3) is 0 Å². The molecule has 0 aliphatic carbocycles. The summed E-state index contributed by atoms with van der Waals surface area (Å²) < 4.78 is 24.6. The molecular formula is C10H15BrN2O2S. The average Bonchev–Trinajstić information content (AvgIpc) is 2.83. The Kier molecular flexibility index (Phi) is 3.39. The van der Waals surface area contributed by atoms with Crippen LogP contribution in [-0.2, 0) is 16.4 Å². The van der Waals surface area contributed by atoms with E-state index in [4.69, 9.17) is 0 Å². The standard InChI is InChI=1S/C10H15BrN2O2S/c1-2-13-6-9(5-12-13)10(11)8-3-4-16(14,15)7-8/h5-6,8,10H,2-4,7H2,1H3. The number of halogens is 1. The lowest BCUT2D eigenvalue weighted by Crippen LogP contribution is -2.09. The second-order valence-corrected chi connectivity index (χ2v) is 7.41. The summed E-state index contributed by atoms with van der Waals surface area (Å²) >= 11 is 3.59. The van der Waals surface area contributed by atoms with Crippen molar-refractivity contribution < 1.29 is 8.42 Å². The lowest BCUT2D eigenvalue weighted by atomic mass is 10.0. The van der Waals surface area contributed by atoms with Crippen molar-refractivity contribution in [3.05, 3.63) is 18.0 Å². The summed E-state index contributed by atoms with van der Waals surface area (Å²) in [5.41, 5.74) is 1.07. The molecule has 1 aliphatic heterocycles. The first-order valence-corrected chi connectivity index (χ1v) is 8.12. The second kappa shape index (κ2) is 4.49. The number of aromatic nitrogens is 2. The van der Waals surface area contributed by atoms with Gasteiger partial charge in [-0.1, -0.05) is 15.9 Å². The summed E-state index contributed by atoms with van der Waals surface area (Å²) in [6, 6.07) is 0. The van der Waals surface area contributed by atoms with Gasteiger partial charge in [0, 0.05) is 23.1 Å². The molecule has 1 fully saturated rings. The highest BCUT2D eigenvalue weighted by molar-refractivity contribution is 9.09. The Morgan fingerprint density at radius 1 is 1.69 bits per heavy atom. The Labute approximate surface area is 104 Å². The minimum absolute atomic E-state index is 0.102. The van der Waals surface area contributed by atoms with Gasteiger partial charge in [0.1, 0.15) is 0 Å². The summed E-state index contributed by atoms with van der Waals surface area (Å²) in [6.45, 7) is 2.86. The van der Waals surface area contributed by atoms with Crippen molar-refractivity contribution in [1.29, 1.82) is 0 Å². The zero-order chi connectivity index (χ0) is 11.8. The predicted octanol–water partition coefficient (Wildman–Crippen LogP) is 1.77. The molecule has 2 heterocycles. The van der Waals surface area contributed by atoms with Crippen molar-refractivity contribution in [1.82, 2.24) is 9.78 Å². The van der Waals surface area contributed by atoms with E-state index in [1.54, 1.807) is 0 Å². The van der Waals surface area contributed by atoms with Gasteiger partial charge in [0.15, 0.2) is 9.84 Å². The third-order valence-corrected chi connectivity index (χ3v) is 6.05. The van der Waals surface area contributed by atoms with Crippen molar-refractivity contribution in [2.24, 2.45) is 5.92 Å². The fourth-order valence-electron chi connectivity index (χ4n) is 2.02. The highest BCUT2D eigenvalue weighted by Crippen LogP contribution is 2.37. The van der Waals surface area contributed by atoms with Crippen molar-refractivity contribution in [3.63, 3.8) is 0 Å². The summed E-state index contributed by atoms with van der Waals surface area (Å²) in [6.07, 6.45) is 4.54. The van der Waals surface area contributed by atoms with Crippen LogP contribution in [0.3, 0.4) is 0 Å². The predicted molar refractivity (Wildman–Crippen MR) is 66.3 cm³/mol. The van der Waals surface area contributed by atoms with Crippen molar-refractivity contribution in [3.8, 4) is 0 Å². The van der Waals surface area contributed by atoms with Gasteiger partial charge in [0.2, 0.25) is 0 Å². The lowest BCUT2D eigenvalue weighted by Gasteiger charge is -2.13. The molecule has 2 unspecified atom stereocenters. The normalized spacial score (nSPS) is 25.8. The van der Waals surface area contributed by atoms with E-state index in [1.807, 2.05) is 24.0 Å². The van der Waals surface area contributed by atoms with Gasteiger partial charge in [-0.2, -0.15) is 5.10 Å². The van der Waals surface area contributed by atoms with Crippen LogP contribution in [0.15, 0.2) is 12.4 Å². The molecule has 2 atom stereocenters. The zero-order valence-corrected chi connectivity index (χ0v) is 11.5. The lowest BCUT2D eigenvalue weighted by molar-refractivity contribution is 0.579. The Bertz CT molecular complexity index is 469. The Morgan fingerprint density at radius 2 is 2.44 bits per heavy atom. The van der Waals surface area contributed by atoms with Crippen LogP contribution >= 0.6 is 15.9 Å². The number of rotatable bonds is 3. The quantitative estimate of drug-likeness (QED) is 0.800. The molecule has 1 aliphatic rings. The second-order valence-electron chi connectivity index (χ2n) is 4.19. The van der Waals surface area contributed by atoms with Gasteiger partial charge in [-0.3, -0.25) is 4.68 Å². The third-order valence-electron chi connectivity index (χ3n) is 2.98. The number of alkyl halides is 1. The molecule has 90 valence electrons. The summed E-state index contributed by atoms with van der Waals surface area (Å²) in [5, 5.41) is 4.20. The summed E-state index contributed by atoms with van der Waals surface area (Å²) in [7, 11) is -2.80. The number of sulfone groups is 1. The molecule has 0 bridgehead atoms. The minimum atomic E-state index is -2.80.